The van der Waals surface area contributed by atoms with Crippen LogP contribution in [0.25, 0.3) is 0 Å². The SMILES string of the molecule is CO[C@@H]1/C=C/C=C/CCC[C@H](C)OC(=O)/C=C\C=C\C[C@H](O[C@@H]2O[C@H](CO)[C@@H](O)[C@H](O)[C@H]2O)/C=C\C=C/C[C@H](O)C1. The fourth-order valence-electron chi connectivity index (χ4n) is 4.26. The molecule has 9 atom stereocenters. The van der Waals surface area contributed by atoms with E-state index in [-0.39, 0.29) is 12.2 Å². The number of ether oxygens (including phenoxy) is 4. The van der Waals surface area contributed by atoms with Crippen molar-refractivity contribution in [3.63, 3.8) is 0 Å². The zero-order valence-corrected chi connectivity index (χ0v) is 23.9. The smallest absolute Gasteiger partial charge is 0.331 e. The van der Waals surface area contributed by atoms with E-state index in [1.807, 2.05) is 37.3 Å². The first-order valence-electron chi connectivity index (χ1n) is 14.1. The molecule has 0 spiro atoms. The van der Waals surface area contributed by atoms with Crippen molar-refractivity contribution in [2.24, 2.45) is 0 Å². The van der Waals surface area contributed by atoms with Gasteiger partial charge in [0.25, 0.3) is 0 Å². The van der Waals surface area contributed by atoms with Gasteiger partial charge in [0.2, 0.25) is 0 Å². The van der Waals surface area contributed by atoms with Gasteiger partial charge in [0.15, 0.2) is 6.29 Å². The van der Waals surface area contributed by atoms with E-state index < -0.39 is 55.5 Å². The van der Waals surface area contributed by atoms with Gasteiger partial charge in [-0.2, -0.15) is 0 Å². The second-order valence-electron chi connectivity index (χ2n) is 10.1. The molecule has 41 heavy (non-hydrogen) atoms. The van der Waals surface area contributed by atoms with Gasteiger partial charge in [-0.3, -0.25) is 0 Å². The topological polar surface area (TPSA) is 155 Å². The zero-order chi connectivity index (χ0) is 30.0. The summed E-state index contributed by atoms with van der Waals surface area (Å²) in [5, 5.41) is 50.4. The predicted octanol–water partition coefficient (Wildman–Crippen LogP) is 2.17. The van der Waals surface area contributed by atoms with Crippen LogP contribution < -0.4 is 0 Å². The molecule has 230 valence electrons. The van der Waals surface area contributed by atoms with E-state index in [2.05, 4.69) is 0 Å². The van der Waals surface area contributed by atoms with Crippen LogP contribution in [0.15, 0.2) is 72.9 Å². The lowest BCUT2D eigenvalue weighted by Crippen LogP contribution is -2.59. The van der Waals surface area contributed by atoms with Gasteiger partial charge in [-0.05, 0) is 39.0 Å². The first-order valence-corrected chi connectivity index (χ1v) is 14.1. The van der Waals surface area contributed by atoms with Crippen molar-refractivity contribution in [3.05, 3.63) is 72.9 Å². The van der Waals surface area contributed by atoms with Crippen molar-refractivity contribution in [1.29, 1.82) is 0 Å². The number of hydrogen-bond acceptors (Lipinski definition) is 10. The number of cyclic esters (lactones) is 1. The molecule has 0 aliphatic carbocycles. The number of hydrogen-bond donors (Lipinski definition) is 5. The van der Waals surface area contributed by atoms with E-state index in [0.717, 1.165) is 19.3 Å². The molecule has 10 nitrogen and oxygen atoms in total. The van der Waals surface area contributed by atoms with Gasteiger partial charge >= 0.3 is 5.97 Å². The standard InChI is InChI=1S/C31H46O10/c1-22-14-8-4-3-5-10-18-25(38-2)20-23(33)15-9-6-11-16-24(17-12-7-13-19-27(34)39-22)40-31-30(37)29(36)28(35)26(21-32)41-31/h3,5-7,9-13,16,18-19,22-26,28-33,35-37H,4,8,14-15,17,20-21H2,1-2H3/b5-3+,9-6-,12-7+,16-11-,18-10+,19-13-/t22-,23-,24+,25+,26+,28+,29-,30+,31+/m0/s1. The van der Waals surface area contributed by atoms with Crippen LogP contribution in [0.5, 0.6) is 0 Å². The molecule has 0 bridgehead atoms. The summed E-state index contributed by atoms with van der Waals surface area (Å²) >= 11 is 0. The normalized spacial score (nSPS) is 39.9. The van der Waals surface area contributed by atoms with Crippen LogP contribution in [-0.2, 0) is 23.7 Å². The van der Waals surface area contributed by atoms with Crippen molar-refractivity contribution in [2.45, 2.75) is 101 Å². The van der Waals surface area contributed by atoms with Gasteiger partial charge in [-0.15, -0.1) is 0 Å². The minimum Gasteiger partial charge on any atom is -0.460 e. The Hall–Kier alpha value is -2.41. The van der Waals surface area contributed by atoms with Crippen molar-refractivity contribution in [3.8, 4) is 0 Å². The summed E-state index contributed by atoms with van der Waals surface area (Å²) in [5.74, 6) is -0.443. The molecule has 0 aromatic heterocycles. The summed E-state index contributed by atoms with van der Waals surface area (Å²) in [6.45, 7) is 1.29. The monoisotopic (exact) mass is 578 g/mol. The van der Waals surface area contributed by atoms with E-state index in [1.165, 1.54) is 6.08 Å². The van der Waals surface area contributed by atoms with Crippen LogP contribution in [0.1, 0.15) is 45.4 Å². The lowest BCUT2D eigenvalue weighted by molar-refractivity contribution is -0.307. The number of methoxy groups -OCH3 is 1. The highest BCUT2D eigenvalue weighted by atomic mass is 16.7. The second-order valence-corrected chi connectivity index (χ2v) is 10.1. The van der Waals surface area contributed by atoms with Crippen molar-refractivity contribution in [2.75, 3.05) is 13.7 Å². The highest BCUT2D eigenvalue weighted by molar-refractivity contribution is 5.82. The van der Waals surface area contributed by atoms with E-state index >= 15 is 0 Å². The maximum atomic E-state index is 12.1. The minimum atomic E-state index is -1.56. The number of aliphatic hydroxyl groups excluding tert-OH is 5. The predicted molar refractivity (Wildman–Crippen MR) is 154 cm³/mol. The molecular formula is C31H46O10. The molecule has 2 heterocycles. The van der Waals surface area contributed by atoms with Crippen LogP contribution in [0.2, 0.25) is 0 Å². The van der Waals surface area contributed by atoms with Crippen LogP contribution in [0.3, 0.4) is 0 Å². The summed E-state index contributed by atoms with van der Waals surface area (Å²) in [5.41, 5.74) is 0. The maximum Gasteiger partial charge on any atom is 0.331 e. The molecule has 2 aliphatic heterocycles. The molecule has 0 amide bonds. The van der Waals surface area contributed by atoms with Gasteiger partial charge in [-0.1, -0.05) is 66.8 Å². The molecule has 0 unspecified atom stereocenters. The van der Waals surface area contributed by atoms with Gasteiger partial charge in [0.05, 0.1) is 31.0 Å². The number of allylic oxidation sites excluding steroid dienone is 7. The van der Waals surface area contributed by atoms with Crippen LogP contribution in [0, 0.1) is 0 Å². The number of carbonyl (C=O) groups excluding carboxylic acids is 1. The molecule has 1 saturated heterocycles. The zero-order valence-electron chi connectivity index (χ0n) is 23.9. The quantitative estimate of drug-likeness (QED) is 0.314. The lowest BCUT2D eigenvalue weighted by Gasteiger charge is -2.40. The molecule has 2 rings (SSSR count). The van der Waals surface area contributed by atoms with Crippen molar-refractivity contribution in [1.82, 2.24) is 0 Å². The molecule has 0 saturated carbocycles. The Labute approximate surface area is 242 Å². The van der Waals surface area contributed by atoms with Gasteiger partial charge in [-0.25, -0.2) is 4.79 Å². The molecule has 1 fully saturated rings. The Morgan fingerprint density at radius 2 is 1.56 bits per heavy atom. The van der Waals surface area contributed by atoms with Crippen molar-refractivity contribution < 1.29 is 49.3 Å². The third-order valence-corrected chi connectivity index (χ3v) is 6.67. The van der Waals surface area contributed by atoms with Crippen LogP contribution in [-0.4, -0.2) is 100 Å². The third-order valence-electron chi connectivity index (χ3n) is 6.67. The van der Waals surface area contributed by atoms with E-state index in [4.69, 9.17) is 18.9 Å². The summed E-state index contributed by atoms with van der Waals surface area (Å²) in [6.07, 6.45) is 16.0. The molecular weight excluding hydrogens is 532 g/mol. The van der Waals surface area contributed by atoms with Gasteiger partial charge in [0.1, 0.15) is 24.4 Å². The maximum absolute atomic E-state index is 12.1. The Kier molecular flexibility index (Phi) is 16.7. The van der Waals surface area contributed by atoms with Crippen LogP contribution in [0.4, 0.5) is 0 Å². The highest BCUT2D eigenvalue weighted by Gasteiger charge is 2.44. The van der Waals surface area contributed by atoms with E-state index in [1.54, 1.807) is 43.6 Å². The van der Waals surface area contributed by atoms with Gasteiger partial charge < -0.3 is 44.5 Å². The minimum absolute atomic E-state index is 0.223. The van der Waals surface area contributed by atoms with Gasteiger partial charge in [0, 0.05) is 19.6 Å². The Balaban J connectivity index is 2.14. The summed E-state index contributed by atoms with van der Waals surface area (Å²) < 4.78 is 22.2. The average molecular weight is 579 g/mol. The first-order chi connectivity index (χ1) is 19.7. The molecule has 0 aromatic rings. The lowest BCUT2D eigenvalue weighted by atomic mass is 9.99. The molecule has 5 N–H and O–H groups in total. The third kappa shape index (κ3) is 13.4. The Morgan fingerprint density at radius 3 is 2.29 bits per heavy atom. The fraction of sp³-hybridized carbons (Fsp3) is 0.581. The van der Waals surface area contributed by atoms with E-state index in [9.17, 15) is 30.3 Å². The number of rotatable bonds is 4. The summed E-state index contributed by atoms with van der Waals surface area (Å²) in [4.78, 5) is 12.1. The highest BCUT2D eigenvalue weighted by Crippen LogP contribution is 2.24. The molecule has 0 radical (unpaired) electrons. The molecule has 2 aliphatic rings. The number of aliphatic hydroxyl groups is 5. The average Bonchev–Trinajstić information content (AvgIpc) is 2.94. The number of carbonyl (C=O) groups is 1. The van der Waals surface area contributed by atoms with Crippen LogP contribution >= 0.6 is 0 Å². The Bertz CT molecular complexity index is 922. The van der Waals surface area contributed by atoms with Crippen molar-refractivity contribution >= 4 is 5.97 Å². The summed E-state index contributed by atoms with van der Waals surface area (Å²) in [6, 6.07) is 0. The number of esters is 1. The molecule has 0 aromatic carbocycles. The van der Waals surface area contributed by atoms with E-state index in [0.29, 0.717) is 19.3 Å². The Morgan fingerprint density at radius 1 is 0.878 bits per heavy atom. The molecule has 10 heteroatoms. The summed E-state index contributed by atoms with van der Waals surface area (Å²) in [7, 11) is 1.60. The first kappa shape index (κ1) is 34.8. The fourth-order valence-corrected chi connectivity index (χ4v) is 4.26. The largest absolute Gasteiger partial charge is 0.460 e. The second kappa shape index (κ2) is 19.7.